The summed E-state index contributed by atoms with van der Waals surface area (Å²) in [4.78, 5) is 0. The predicted octanol–water partition coefficient (Wildman–Crippen LogP) is 2.65. The normalized spacial score (nSPS) is 26.5. The summed E-state index contributed by atoms with van der Waals surface area (Å²) in [6.07, 6.45) is 5.24. The first kappa shape index (κ1) is 10.4. The highest BCUT2D eigenvalue weighted by Gasteiger charge is 2.22. The maximum Gasteiger partial charge on any atom is 0.0199 e. The van der Waals surface area contributed by atoms with Crippen molar-refractivity contribution in [3.05, 3.63) is 0 Å². The summed E-state index contributed by atoms with van der Waals surface area (Å²) in [5, 5.41) is 0.767. The summed E-state index contributed by atoms with van der Waals surface area (Å²) in [5.41, 5.74) is 6.11. The molecular formula is C10H21NS. The molecule has 12 heavy (non-hydrogen) atoms. The number of rotatable bonds is 4. The van der Waals surface area contributed by atoms with Gasteiger partial charge in [-0.15, -0.1) is 0 Å². The van der Waals surface area contributed by atoms with Crippen LogP contribution in [0.25, 0.3) is 0 Å². The van der Waals surface area contributed by atoms with Crippen molar-refractivity contribution in [3.8, 4) is 0 Å². The van der Waals surface area contributed by atoms with Gasteiger partial charge in [0, 0.05) is 11.3 Å². The molecule has 0 aromatic rings. The van der Waals surface area contributed by atoms with E-state index in [0.717, 1.165) is 11.2 Å². The smallest absolute Gasteiger partial charge is 0.0199 e. The van der Waals surface area contributed by atoms with Gasteiger partial charge < -0.3 is 5.73 Å². The fraction of sp³-hybridized carbons (Fsp3) is 1.00. The van der Waals surface area contributed by atoms with Crippen LogP contribution in [0.1, 0.15) is 39.5 Å². The quantitative estimate of drug-likeness (QED) is 0.732. The Labute approximate surface area is 80.5 Å². The first-order valence-corrected chi connectivity index (χ1v) is 6.12. The predicted molar refractivity (Wildman–Crippen MR) is 57.5 cm³/mol. The van der Waals surface area contributed by atoms with Gasteiger partial charge in [0.15, 0.2) is 0 Å². The van der Waals surface area contributed by atoms with Crippen LogP contribution in [0.15, 0.2) is 0 Å². The van der Waals surface area contributed by atoms with Crippen molar-refractivity contribution < 1.29 is 0 Å². The lowest BCUT2D eigenvalue weighted by Gasteiger charge is -2.18. The largest absolute Gasteiger partial charge is 0.327 e. The molecule has 1 heterocycles. The van der Waals surface area contributed by atoms with E-state index in [1.807, 2.05) is 0 Å². The van der Waals surface area contributed by atoms with E-state index in [0.29, 0.717) is 6.04 Å². The fourth-order valence-corrected chi connectivity index (χ4v) is 3.00. The molecule has 1 aliphatic heterocycles. The Bertz CT molecular complexity index is 119. The Morgan fingerprint density at radius 3 is 2.67 bits per heavy atom. The van der Waals surface area contributed by atoms with Crippen LogP contribution in [0.5, 0.6) is 0 Å². The Balaban J connectivity index is 2.13. The summed E-state index contributed by atoms with van der Waals surface area (Å²) in [7, 11) is 0. The first-order valence-electron chi connectivity index (χ1n) is 5.07. The molecule has 1 aliphatic rings. The molecule has 2 N–H and O–H groups in total. The van der Waals surface area contributed by atoms with Gasteiger partial charge in [0.25, 0.3) is 0 Å². The van der Waals surface area contributed by atoms with Crippen LogP contribution in [0.4, 0.5) is 0 Å². The van der Waals surface area contributed by atoms with Crippen molar-refractivity contribution in [2.75, 3.05) is 5.75 Å². The molecule has 72 valence electrons. The van der Waals surface area contributed by atoms with E-state index in [2.05, 4.69) is 25.6 Å². The molecular weight excluding hydrogens is 166 g/mol. The molecule has 2 heteroatoms. The molecule has 1 rings (SSSR count). The molecule has 2 atom stereocenters. The molecule has 0 saturated carbocycles. The topological polar surface area (TPSA) is 26.0 Å². The highest BCUT2D eigenvalue weighted by atomic mass is 32.2. The minimum absolute atomic E-state index is 0.458. The third-order valence-electron chi connectivity index (χ3n) is 2.52. The van der Waals surface area contributed by atoms with Crippen molar-refractivity contribution in [2.24, 2.45) is 11.7 Å². The van der Waals surface area contributed by atoms with E-state index in [1.54, 1.807) is 0 Å². The molecule has 0 spiro atoms. The molecule has 0 aliphatic carbocycles. The third kappa shape index (κ3) is 3.36. The van der Waals surface area contributed by atoms with E-state index in [4.69, 9.17) is 5.73 Å². The molecule has 0 aromatic carbocycles. The SMILES string of the molecule is CC(C)CCC(N)C1CCCS1. The minimum Gasteiger partial charge on any atom is -0.327 e. The monoisotopic (exact) mass is 187 g/mol. The molecule has 2 unspecified atom stereocenters. The maximum atomic E-state index is 6.11. The van der Waals surface area contributed by atoms with Crippen LogP contribution >= 0.6 is 11.8 Å². The van der Waals surface area contributed by atoms with Crippen LogP contribution in [0.2, 0.25) is 0 Å². The zero-order chi connectivity index (χ0) is 8.97. The van der Waals surface area contributed by atoms with Crippen molar-refractivity contribution in [3.63, 3.8) is 0 Å². The number of thioether (sulfide) groups is 1. The van der Waals surface area contributed by atoms with E-state index < -0.39 is 0 Å². The first-order chi connectivity index (χ1) is 5.70. The van der Waals surface area contributed by atoms with Crippen LogP contribution < -0.4 is 5.73 Å². The van der Waals surface area contributed by atoms with Crippen LogP contribution in [-0.2, 0) is 0 Å². The molecule has 1 fully saturated rings. The average Bonchev–Trinajstić information content (AvgIpc) is 2.51. The lowest BCUT2D eigenvalue weighted by molar-refractivity contribution is 0.481. The van der Waals surface area contributed by atoms with Gasteiger partial charge in [0.2, 0.25) is 0 Å². The number of hydrogen-bond acceptors (Lipinski definition) is 2. The molecule has 0 radical (unpaired) electrons. The second-order valence-electron chi connectivity index (χ2n) is 4.19. The third-order valence-corrected chi connectivity index (χ3v) is 4.06. The molecule has 0 amide bonds. The van der Waals surface area contributed by atoms with E-state index in [9.17, 15) is 0 Å². The van der Waals surface area contributed by atoms with Gasteiger partial charge in [-0.05, 0) is 37.4 Å². The molecule has 1 saturated heterocycles. The Hall–Kier alpha value is 0.310. The Kier molecular flexibility index (Phi) is 4.44. The maximum absolute atomic E-state index is 6.11. The Morgan fingerprint density at radius 1 is 1.42 bits per heavy atom. The standard InChI is InChI=1S/C10H21NS/c1-8(2)5-6-9(11)10-4-3-7-12-10/h8-10H,3-7,11H2,1-2H3. The van der Waals surface area contributed by atoms with Crippen LogP contribution in [-0.4, -0.2) is 17.0 Å². The highest BCUT2D eigenvalue weighted by Crippen LogP contribution is 2.29. The lowest BCUT2D eigenvalue weighted by Crippen LogP contribution is -2.31. The second kappa shape index (κ2) is 5.13. The molecule has 0 aromatic heterocycles. The second-order valence-corrected chi connectivity index (χ2v) is 5.53. The van der Waals surface area contributed by atoms with Crippen molar-refractivity contribution in [1.82, 2.24) is 0 Å². The molecule has 1 nitrogen and oxygen atoms in total. The summed E-state index contributed by atoms with van der Waals surface area (Å²) in [5.74, 6) is 2.14. The van der Waals surface area contributed by atoms with E-state index in [-0.39, 0.29) is 0 Å². The molecule has 0 bridgehead atoms. The van der Waals surface area contributed by atoms with Crippen LogP contribution in [0.3, 0.4) is 0 Å². The summed E-state index contributed by atoms with van der Waals surface area (Å²) >= 11 is 2.08. The van der Waals surface area contributed by atoms with Crippen LogP contribution in [0, 0.1) is 5.92 Å². The summed E-state index contributed by atoms with van der Waals surface area (Å²) in [6.45, 7) is 4.54. The average molecular weight is 187 g/mol. The van der Waals surface area contributed by atoms with E-state index in [1.165, 1.54) is 31.4 Å². The Morgan fingerprint density at radius 2 is 2.17 bits per heavy atom. The van der Waals surface area contributed by atoms with Gasteiger partial charge in [-0.2, -0.15) is 11.8 Å². The van der Waals surface area contributed by atoms with E-state index >= 15 is 0 Å². The lowest BCUT2D eigenvalue weighted by atomic mass is 10.00. The fourth-order valence-electron chi connectivity index (χ4n) is 1.65. The number of hydrogen-bond donors (Lipinski definition) is 1. The highest BCUT2D eigenvalue weighted by molar-refractivity contribution is 8.00. The zero-order valence-electron chi connectivity index (χ0n) is 8.25. The van der Waals surface area contributed by atoms with Gasteiger partial charge in [0.1, 0.15) is 0 Å². The van der Waals surface area contributed by atoms with Crippen molar-refractivity contribution in [2.45, 2.75) is 50.8 Å². The minimum atomic E-state index is 0.458. The van der Waals surface area contributed by atoms with Crippen molar-refractivity contribution >= 4 is 11.8 Å². The van der Waals surface area contributed by atoms with Gasteiger partial charge >= 0.3 is 0 Å². The zero-order valence-corrected chi connectivity index (χ0v) is 9.07. The number of nitrogens with two attached hydrogens (primary N) is 1. The summed E-state index contributed by atoms with van der Waals surface area (Å²) < 4.78 is 0. The van der Waals surface area contributed by atoms with Gasteiger partial charge in [-0.3, -0.25) is 0 Å². The van der Waals surface area contributed by atoms with Gasteiger partial charge in [0.05, 0.1) is 0 Å². The summed E-state index contributed by atoms with van der Waals surface area (Å²) in [6, 6.07) is 0.458. The van der Waals surface area contributed by atoms with Gasteiger partial charge in [-0.25, -0.2) is 0 Å². The van der Waals surface area contributed by atoms with Crippen molar-refractivity contribution in [1.29, 1.82) is 0 Å². The van der Waals surface area contributed by atoms with Gasteiger partial charge in [-0.1, -0.05) is 13.8 Å².